The monoisotopic (exact) mass is 603 g/mol. The average Bonchev–Trinajstić information content (AvgIpc) is 3.15. The van der Waals surface area contributed by atoms with E-state index >= 15 is 0 Å². The molecule has 0 spiro atoms. The standard InChI is InChI=1S/C33H37N3O8/c1-19-22(29(39)23-8-5-6-9-26(23)38)15-16-24(28(19)34)31(41)43-27-10-7-17-36(32(42)44-33(2,3)4)18-25(27)35-30(40)20-11-13-21(37)14-12-20/h5-6,8-9,11-16,25,27,37-38H,7,10,17-18,34H2,1-4H3,(H,35,40)/t25-,27-/m1/s1. The number of nitrogens with one attached hydrogen (secondary N) is 1. The highest BCUT2D eigenvalue weighted by Crippen LogP contribution is 2.28. The minimum Gasteiger partial charge on any atom is -0.508 e. The Balaban J connectivity index is 1.58. The van der Waals surface area contributed by atoms with Gasteiger partial charge in [-0.15, -0.1) is 0 Å². The Labute approximate surface area is 255 Å². The van der Waals surface area contributed by atoms with Crippen molar-refractivity contribution in [2.45, 2.75) is 58.3 Å². The van der Waals surface area contributed by atoms with Crippen LogP contribution in [-0.2, 0) is 9.47 Å². The lowest BCUT2D eigenvalue weighted by Gasteiger charge is -2.30. The molecule has 1 aliphatic heterocycles. The van der Waals surface area contributed by atoms with E-state index in [1.807, 2.05) is 0 Å². The van der Waals surface area contributed by atoms with E-state index in [-0.39, 0.29) is 46.0 Å². The van der Waals surface area contributed by atoms with Crippen LogP contribution in [0.1, 0.15) is 75.8 Å². The van der Waals surface area contributed by atoms with Gasteiger partial charge < -0.3 is 35.6 Å². The SMILES string of the molecule is Cc1c(C(=O)c2ccccc2O)ccc(C(=O)O[C@@H]2CCCN(C(=O)OC(C)(C)C)C[C@H]2NC(=O)c2ccc(O)cc2)c1N. The fourth-order valence-electron chi connectivity index (χ4n) is 4.93. The molecule has 44 heavy (non-hydrogen) atoms. The van der Waals surface area contributed by atoms with Gasteiger partial charge in [-0.3, -0.25) is 9.59 Å². The molecule has 0 radical (unpaired) electrons. The number of rotatable bonds is 6. The van der Waals surface area contributed by atoms with E-state index in [1.165, 1.54) is 53.4 Å². The molecule has 5 N–H and O–H groups in total. The van der Waals surface area contributed by atoms with Crippen LogP contribution in [0.5, 0.6) is 11.5 Å². The van der Waals surface area contributed by atoms with Gasteiger partial charge >= 0.3 is 12.1 Å². The summed E-state index contributed by atoms with van der Waals surface area (Å²) in [5.74, 6) is -1.86. The largest absolute Gasteiger partial charge is 0.508 e. The highest BCUT2D eigenvalue weighted by Gasteiger charge is 2.35. The van der Waals surface area contributed by atoms with Gasteiger partial charge in [-0.2, -0.15) is 0 Å². The average molecular weight is 604 g/mol. The van der Waals surface area contributed by atoms with Crippen molar-refractivity contribution in [2.75, 3.05) is 18.8 Å². The molecule has 3 aromatic carbocycles. The van der Waals surface area contributed by atoms with Crippen LogP contribution in [0.4, 0.5) is 10.5 Å². The summed E-state index contributed by atoms with van der Waals surface area (Å²) in [6.45, 7) is 7.20. The number of esters is 1. The van der Waals surface area contributed by atoms with Crippen LogP contribution in [-0.4, -0.2) is 69.7 Å². The van der Waals surface area contributed by atoms with Crippen LogP contribution in [0.3, 0.4) is 0 Å². The second kappa shape index (κ2) is 13.1. The fourth-order valence-corrected chi connectivity index (χ4v) is 4.93. The molecular weight excluding hydrogens is 566 g/mol. The van der Waals surface area contributed by atoms with Gasteiger partial charge in [0.25, 0.3) is 5.91 Å². The molecule has 0 aliphatic carbocycles. The summed E-state index contributed by atoms with van der Waals surface area (Å²) in [6, 6.07) is 13.9. The molecule has 2 amide bonds. The zero-order valence-electron chi connectivity index (χ0n) is 25.1. The highest BCUT2D eigenvalue weighted by atomic mass is 16.6. The molecule has 1 heterocycles. The number of amides is 2. The number of carbonyl (C=O) groups is 4. The molecule has 1 saturated heterocycles. The molecule has 1 aliphatic rings. The third kappa shape index (κ3) is 7.47. The summed E-state index contributed by atoms with van der Waals surface area (Å²) in [6.07, 6.45) is -0.601. The van der Waals surface area contributed by atoms with Gasteiger partial charge in [0, 0.05) is 29.9 Å². The minimum absolute atomic E-state index is 0.0000873. The molecule has 0 aromatic heterocycles. The molecule has 0 bridgehead atoms. The Bertz CT molecular complexity index is 1560. The van der Waals surface area contributed by atoms with Crippen molar-refractivity contribution < 1.29 is 38.9 Å². The Morgan fingerprint density at radius 1 is 0.932 bits per heavy atom. The maximum atomic E-state index is 13.5. The Morgan fingerprint density at radius 2 is 1.59 bits per heavy atom. The zero-order chi connectivity index (χ0) is 32.2. The summed E-state index contributed by atoms with van der Waals surface area (Å²) in [4.78, 5) is 54.1. The third-order valence-corrected chi connectivity index (χ3v) is 7.27. The highest BCUT2D eigenvalue weighted by molar-refractivity contribution is 6.13. The van der Waals surface area contributed by atoms with Crippen LogP contribution in [0.15, 0.2) is 60.7 Å². The van der Waals surface area contributed by atoms with Gasteiger partial charge in [0.2, 0.25) is 0 Å². The molecule has 232 valence electrons. The van der Waals surface area contributed by atoms with E-state index in [2.05, 4.69) is 5.32 Å². The normalized spacial score (nSPS) is 16.9. The van der Waals surface area contributed by atoms with E-state index in [9.17, 15) is 29.4 Å². The number of ketones is 1. The predicted octanol–water partition coefficient (Wildman–Crippen LogP) is 4.57. The quantitative estimate of drug-likeness (QED) is 0.179. The van der Waals surface area contributed by atoms with Crippen molar-refractivity contribution in [3.8, 4) is 11.5 Å². The number of carbonyl (C=O) groups excluding carboxylic acids is 4. The number of nitrogens with zero attached hydrogens (tertiary/aromatic N) is 1. The molecule has 0 unspecified atom stereocenters. The molecular formula is C33H37N3O8. The van der Waals surface area contributed by atoms with E-state index in [4.69, 9.17) is 15.2 Å². The first kappa shape index (κ1) is 31.9. The van der Waals surface area contributed by atoms with Crippen molar-refractivity contribution in [1.82, 2.24) is 10.2 Å². The summed E-state index contributed by atoms with van der Waals surface area (Å²) in [5.41, 5.74) is 6.62. The smallest absolute Gasteiger partial charge is 0.410 e. The number of phenols is 2. The van der Waals surface area contributed by atoms with Gasteiger partial charge in [0.15, 0.2) is 5.78 Å². The number of ether oxygens (including phenoxy) is 2. The van der Waals surface area contributed by atoms with Crippen LogP contribution < -0.4 is 11.1 Å². The number of hydrogen-bond donors (Lipinski definition) is 4. The molecule has 1 fully saturated rings. The van der Waals surface area contributed by atoms with Gasteiger partial charge in [-0.1, -0.05) is 12.1 Å². The van der Waals surface area contributed by atoms with Crippen molar-refractivity contribution in [3.05, 3.63) is 88.5 Å². The Kier molecular flexibility index (Phi) is 9.46. The second-order valence-corrected chi connectivity index (χ2v) is 11.7. The number of nitrogen functional groups attached to an aromatic ring is 1. The van der Waals surface area contributed by atoms with E-state index < -0.39 is 41.5 Å². The molecule has 3 aromatic rings. The summed E-state index contributed by atoms with van der Waals surface area (Å²) in [7, 11) is 0. The summed E-state index contributed by atoms with van der Waals surface area (Å²) >= 11 is 0. The number of para-hydroxylation sites is 1. The summed E-state index contributed by atoms with van der Waals surface area (Å²) in [5, 5.41) is 22.6. The maximum absolute atomic E-state index is 13.5. The van der Waals surface area contributed by atoms with E-state index in [0.29, 0.717) is 24.9 Å². The van der Waals surface area contributed by atoms with Gasteiger partial charge in [0.05, 0.1) is 17.2 Å². The lowest BCUT2D eigenvalue weighted by molar-refractivity contribution is 0.0128. The molecule has 4 rings (SSSR count). The lowest BCUT2D eigenvalue weighted by atomic mass is 9.95. The predicted molar refractivity (Wildman–Crippen MR) is 163 cm³/mol. The van der Waals surface area contributed by atoms with Crippen LogP contribution in [0, 0.1) is 6.92 Å². The third-order valence-electron chi connectivity index (χ3n) is 7.27. The Morgan fingerprint density at radius 3 is 2.25 bits per heavy atom. The number of anilines is 1. The first-order valence-electron chi connectivity index (χ1n) is 14.3. The lowest BCUT2D eigenvalue weighted by Crippen LogP contribution is -2.51. The van der Waals surface area contributed by atoms with Crippen molar-refractivity contribution in [3.63, 3.8) is 0 Å². The number of benzene rings is 3. The van der Waals surface area contributed by atoms with Gasteiger partial charge in [-0.25, -0.2) is 9.59 Å². The first-order valence-corrected chi connectivity index (χ1v) is 14.3. The minimum atomic E-state index is -0.835. The maximum Gasteiger partial charge on any atom is 0.410 e. The van der Waals surface area contributed by atoms with E-state index in [1.54, 1.807) is 39.8 Å². The number of hydrogen-bond acceptors (Lipinski definition) is 9. The molecule has 11 nitrogen and oxygen atoms in total. The van der Waals surface area contributed by atoms with Crippen LogP contribution >= 0.6 is 0 Å². The van der Waals surface area contributed by atoms with Gasteiger partial charge in [0.1, 0.15) is 23.2 Å². The summed E-state index contributed by atoms with van der Waals surface area (Å²) < 4.78 is 11.5. The Hall–Kier alpha value is -5.06. The number of phenolic OH excluding ortho intramolecular Hbond substituents is 2. The van der Waals surface area contributed by atoms with E-state index in [0.717, 1.165) is 0 Å². The molecule has 2 atom stereocenters. The zero-order valence-corrected chi connectivity index (χ0v) is 25.1. The molecule has 0 saturated carbocycles. The van der Waals surface area contributed by atoms with Crippen molar-refractivity contribution >= 4 is 29.4 Å². The first-order chi connectivity index (χ1) is 20.7. The van der Waals surface area contributed by atoms with Crippen LogP contribution in [0.2, 0.25) is 0 Å². The number of likely N-dealkylation sites (tertiary alicyclic amines) is 1. The van der Waals surface area contributed by atoms with Crippen molar-refractivity contribution in [1.29, 1.82) is 0 Å². The number of nitrogens with two attached hydrogens (primary N) is 1. The second-order valence-electron chi connectivity index (χ2n) is 11.7. The molecule has 11 heteroatoms. The fraction of sp³-hybridized carbons (Fsp3) is 0.333. The van der Waals surface area contributed by atoms with Crippen molar-refractivity contribution in [2.24, 2.45) is 0 Å². The van der Waals surface area contributed by atoms with Gasteiger partial charge in [-0.05, 0) is 94.6 Å². The number of aromatic hydroxyl groups is 2. The van der Waals surface area contributed by atoms with Crippen LogP contribution in [0.25, 0.3) is 0 Å². The topological polar surface area (TPSA) is 168 Å².